The molecule has 196 valence electrons. The second-order valence-electron chi connectivity index (χ2n) is 10.1. The Hall–Kier alpha value is -4.53. The number of carbonyl (C=O) groups excluding carboxylic acids is 3. The first-order valence-electron chi connectivity index (χ1n) is 12.2. The van der Waals surface area contributed by atoms with Crippen molar-refractivity contribution < 1.29 is 34.2 Å². The lowest BCUT2D eigenvalue weighted by Crippen LogP contribution is -2.57. The van der Waals surface area contributed by atoms with Gasteiger partial charge < -0.3 is 15.5 Å². The number of imide groups is 1. The van der Waals surface area contributed by atoms with Crippen molar-refractivity contribution in [1.82, 2.24) is 4.90 Å². The number of hydrogen-bond donors (Lipinski definition) is 3. The van der Waals surface area contributed by atoms with Gasteiger partial charge in [-0.1, -0.05) is 52.0 Å². The molecule has 0 saturated carbocycles. The van der Waals surface area contributed by atoms with E-state index in [1.807, 2.05) is 12.1 Å². The predicted octanol–water partition coefficient (Wildman–Crippen LogP) is 4.56. The van der Waals surface area contributed by atoms with Gasteiger partial charge in [0.1, 0.15) is 6.04 Å². The number of anilines is 1. The number of rotatable bonds is 9. The summed E-state index contributed by atoms with van der Waals surface area (Å²) in [5.74, 6) is -4.99. The van der Waals surface area contributed by atoms with Crippen LogP contribution >= 0.6 is 0 Å². The molecular formula is C29H28N2O7. The molecule has 3 aromatic carbocycles. The van der Waals surface area contributed by atoms with Crippen molar-refractivity contribution >= 4 is 46.0 Å². The highest BCUT2D eigenvalue weighted by atomic mass is 16.4. The minimum atomic E-state index is -1.32. The van der Waals surface area contributed by atoms with Crippen LogP contribution in [0.5, 0.6) is 0 Å². The topological polar surface area (TPSA) is 141 Å². The fraction of sp³-hybridized carbons (Fsp3) is 0.276. The number of hydrogen-bond acceptors (Lipinski definition) is 6. The van der Waals surface area contributed by atoms with Crippen LogP contribution < -0.4 is 5.32 Å². The molecule has 0 bridgehead atoms. The number of amides is 2. The van der Waals surface area contributed by atoms with E-state index in [-0.39, 0.29) is 22.7 Å². The van der Waals surface area contributed by atoms with Crippen LogP contribution in [0.4, 0.5) is 5.69 Å². The molecule has 3 aromatic rings. The normalized spacial score (nSPS) is 14.6. The average molecular weight is 517 g/mol. The van der Waals surface area contributed by atoms with Crippen molar-refractivity contribution in [2.75, 3.05) is 5.32 Å². The Bertz CT molecular complexity index is 1410. The van der Waals surface area contributed by atoms with Gasteiger partial charge in [0.15, 0.2) is 5.78 Å². The average Bonchev–Trinajstić information content (AvgIpc) is 2.87. The highest BCUT2D eigenvalue weighted by Crippen LogP contribution is 2.33. The van der Waals surface area contributed by atoms with E-state index in [9.17, 15) is 34.2 Å². The molecular weight excluding hydrogens is 488 g/mol. The molecule has 4 rings (SSSR count). The zero-order valence-corrected chi connectivity index (χ0v) is 21.4. The van der Waals surface area contributed by atoms with Gasteiger partial charge in [0.25, 0.3) is 11.8 Å². The SMILES string of the molecule is CC(C)C(Nc1cc(C(=O)O)cc(C(=O)O)c1)C(=O)C(C(C)C)N1C(=O)c2cccc3cccc(c23)C1=O. The fourth-order valence-electron chi connectivity index (χ4n) is 4.94. The third-order valence-electron chi connectivity index (χ3n) is 6.73. The van der Waals surface area contributed by atoms with E-state index in [4.69, 9.17) is 0 Å². The molecule has 3 N–H and O–H groups in total. The molecule has 2 unspecified atom stereocenters. The van der Waals surface area contributed by atoms with Gasteiger partial charge >= 0.3 is 11.9 Å². The molecule has 0 spiro atoms. The molecule has 1 aliphatic heterocycles. The molecule has 9 heteroatoms. The first kappa shape index (κ1) is 26.5. The zero-order chi connectivity index (χ0) is 27.9. The maximum atomic E-state index is 14.1. The summed E-state index contributed by atoms with van der Waals surface area (Å²) in [6, 6.07) is 11.8. The predicted molar refractivity (Wildman–Crippen MR) is 141 cm³/mol. The van der Waals surface area contributed by atoms with Crippen LogP contribution in [0.15, 0.2) is 54.6 Å². The third-order valence-corrected chi connectivity index (χ3v) is 6.73. The van der Waals surface area contributed by atoms with Crippen LogP contribution in [0.3, 0.4) is 0 Å². The molecule has 1 heterocycles. The lowest BCUT2D eigenvalue weighted by atomic mass is 9.85. The van der Waals surface area contributed by atoms with E-state index >= 15 is 0 Å². The highest BCUT2D eigenvalue weighted by Gasteiger charge is 2.44. The second kappa shape index (κ2) is 10.1. The van der Waals surface area contributed by atoms with Crippen molar-refractivity contribution in [3.8, 4) is 0 Å². The monoisotopic (exact) mass is 516 g/mol. The number of carboxylic acid groups (broad SMARTS) is 2. The van der Waals surface area contributed by atoms with Gasteiger partial charge in [-0.25, -0.2) is 9.59 Å². The summed E-state index contributed by atoms with van der Waals surface area (Å²) < 4.78 is 0. The number of nitrogens with zero attached hydrogens (tertiary/aromatic N) is 1. The smallest absolute Gasteiger partial charge is 0.335 e. The van der Waals surface area contributed by atoms with Gasteiger partial charge in [-0.2, -0.15) is 0 Å². The molecule has 0 fully saturated rings. The largest absolute Gasteiger partial charge is 0.478 e. The van der Waals surface area contributed by atoms with Crippen LogP contribution in [0.2, 0.25) is 0 Å². The Morgan fingerprint density at radius 2 is 1.26 bits per heavy atom. The van der Waals surface area contributed by atoms with E-state index < -0.39 is 47.5 Å². The van der Waals surface area contributed by atoms with E-state index in [0.29, 0.717) is 16.5 Å². The lowest BCUT2D eigenvalue weighted by molar-refractivity contribution is -0.125. The molecule has 0 saturated heterocycles. The van der Waals surface area contributed by atoms with Crippen molar-refractivity contribution in [3.05, 3.63) is 76.9 Å². The Morgan fingerprint density at radius 1 is 0.763 bits per heavy atom. The van der Waals surface area contributed by atoms with Crippen molar-refractivity contribution in [1.29, 1.82) is 0 Å². The molecule has 2 amide bonds. The van der Waals surface area contributed by atoms with Gasteiger partial charge in [-0.05, 0) is 47.6 Å². The number of carbonyl (C=O) groups is 5. The lowest BCUT2D eigenvalue weighted by Gasteiger charge is -2.37. The molecule has 0 aliphatic carbocycles. The number of Topliss-reactive ketones (excluding diaryl/α,β-unsaturated/α-hetero) is 1. The van der Waals surface area contributed by atoms with Crippen LogP contribution in [0.1, 0.15) is 69.1 Å². The fourth-order valence-corrected chi connectivity index (χ4v) is 4.94. The van der Waals surface area contributed by atoms with Gasteiger partial charge in [0, 0.05) is 22.2 Å². The molecule has 0 aromatic heterocycles. The summed E-state index contributed by atoms with van der Waals surface area (Å²) in [5, 5.41) is 23.2. The van der Waals surface area contributed by atoms with Crippen LogP contribution in [-0.4, -0.2) is 56.7 Å². The number of nitrogens with one attached hydrogen (secondary N) is 1. The first-order chi connectivity index (χ1) is 17.9. The summed E-state index contributed by atoms with van der Waals surface area (Å²) in [4.78, 5) is 65.5. The van der Waals surface area contributed by atoms with Gasteiger partial charge in [0.2, 0.25) is 0 Å². The van der Waals surface area contributed by atoms with Crippen molar-refractivity contribution in [2.24, 2.45) is 11.8 Å². The summed E-state index contributed by atoms with van der Waals surface area (Å²) in [5.41, 5.74) is 0.293. The van der Waals surface area contributed by atoms with Crippen LogP contribution in [0.25, 0.3) is 10.8 Å². The van der Waals surface area contributed by atoms with E-state index in [1.165, 1.54) is 12.1 Å². The van der Waals surface area contributed by atoms with E-state index in [0.717, 1.165) is 16.4 Å². The zero-order valence-electron chi connectivity index (χ0n) is 21.4. The Kier molecular flexibility index (Phi) is 7.04. The third kappa shape index (κ3) is 4.63. The van der Waals surface area contributed by atoms with Crippen LogP contribution in [0, 0.1) is 11.8 Å². The quantitative estimate of drug-likeness (QED) is 0.352. The van der Waals surface area contributed by atoms with Gasteiger partial charge in [-0.15, -0.1) is 0 Å². The number of aromatic carboxylic acids is 2. The van der Waals surface area contributed by atoms with Crippen LogP contribution in [-0.2, 0) is 4.79 Å². The summed E-state index contributed by atoms with van der Waals surface area (Å²) in [7, 11) is 0. The molecule has 0 radical (unpaired) electrons. The molecule has 1 aliphatic rings. The van der Waals surface area contributed by atoms with Crippen molar-refractivity contribution in [3.63, 3.8) is 0 Å². The van der Waals surface area contributed by atoms with E-state index in [2.05, 4.69) is 5.32 Å². The summed E-state index contributed by atoms with van der Waals surface area (Å²) in [6.45, 7) is 7.02. The summed E-state index contributed by atoms with van der Waals surface area (Å²) in [6.07, 6.45) is 0. The van der Waals surface area contributed by atoms with Gasteiger partial charge in [0.05, 0.1) is 17.2 Å². The number of benzene rings is 3. The standard InChI is InChI=1S/C29H28N2O7/c1-14(2)23(30-19-12-17(28(35)36)11-18(13-19)29(37)38)25(32)24(15(3)4)31-26(33)20-9-5-7-16-8-6-10-21(22(16)20)27(31)34/h5-15,23-24,30H,1-4H3,(H,35,36)(H,37,38). The number of ketones is 1. The highest BCUT2D eigenvalue weighted by molar-refractivity contribution is 6.26. The first-order valence-corrected chi connectivity index (χ1v) is 12.2. The second-order valence-corrected chi connectivity index (χ2v) is 10.1. The maximum Gasteiger partial charge on any atom is 0.335 e. The molecule has 2 atom stereocenters. The minimum absolute atomic E-state index is 0.128. The minimum Gasteiger partial charge on any atom is -0.478 e. The Labute approximate surface area is 219 Å². The Balaban J connectivity index is 1.76. The maximum absolute atomic E-state index is 14.1. The molecule has 9 nitrogen and oxygen atoms in total. The summed E-state index contributed by atoms with van der Waals surface area (Å²) >= 11 is 0. The number of carboxylic acids is 2. The Morgan fingerprint density at radius 3 is 1.68 bits per heavy atom. The van der Waals surface area contributed by atoms with E-state index in [1.54, 1.807) is 52.0 Å². The van der Waals surface area contributed by atoms with Gasteiger partial charge in [-0.3, -0.25) is 19.3 Å². The molecule has 38 heavy (non-hydrogen) atoms. The van der Waals surface area contributed by atoms with Crippen molar-refractivity contribution in [2.45, 2.75) is 39.8 Å².